The molecule has 0 bridgehead atoms. The molecular formula is C57H111NO5. The van der Waals surface area contributed by atoms with Crippen LogP contribution in [-0.4, -0.2) is 47.4 Å². The van der Waals surface area contributed by atoms with E-state index in [1.54, 1.807) is 0 Å². The van der Waals surface area contributed by atoms with Gasteiger partial charge in [-0.05, 0) is 51.4 Å². The second kappa shape index (κ2) is 53.2. The number of hydrogen-bond donors (Lipinski definition) is 3. The molecule has 63 heavy (non-hydrogen) atoms. The third kappa shape index (κ3) is 49.9. The average molecular weight is 891 g/mol. The van der Waals surface area contributed by atoms with Gasteiger partial charge in [0.05, 0.1) is 25.4 Å². The van der Waals surface area contributed by atoms with Crippen LogP contribution in [-0.2, 0) is 14.3 Å². The number of amides is 1. The number of carbonyl (C=O) groups excluding carboxylic acids is 2. The van der Waals surface area contributed by atoms with E-state index in [4.69, 9.17) is 4.74 Å². The third-order valence-electron chi connectivity index (χ3n) is 13.3. The predicted molar refractivity (Wildman–Crippen MR) is 273 cm³/mol. The monoisotopic (exact) mass is 890 g/mol. The Kier molecular flexibility index (Phi) is 52.0. The summed E-state index contributed by atoms with van der Waals surface area (Å²) >= 11 is 0. The summed E-state index contributed by atoms with van der Waals surface area (Å²) < 4.78 is 5.47. The molecule has 2 unspecified atom stereocenters. The summed E-state index contributed by atoms with van der Waals surface area (Å²) in [6, 6.07) is -0.551. The van der Waals surface area contributed by atoms with E-state index in [0.717, 1.165) is 51.4 Å². The normalized spacial score (nSPS) is 12.6. The molecule has 0 heterocycles. The van der Waals surface area contributed by atoms with Crippen molar-refractivity contribution in [2.24, 2.45) is 0 Å². The van der Waals surface area contributed by atoms with Gasteiger partial charge in [-0.2, -0.15) is 0 Å². The molecule has 0 aliphatic carbocycles. The molecule has 0 aromatic heterocycles. The van der Waals surface area contributed by atoms with Gasteiger partial charge in [0, 0.05) is 12.8 Å². The Morgan fingerprint density at radius 1 is 0.429 bits per heavy atom. The Morgan fingerprint density at radius 3 is 1.13 bits per heavy atom. The molecule has 0 spiro atoms. The first-order valence-corrected chi connectivity index (χ1v) is 28.4. The quantitative estimate of drug-likeness (QED) is 0.0321. The van der Waals surface area contributed by atoms with Crippen LogP contribution < -0.4 is 5.32 Å². The molecule has 0 fully saturated rings. The van der Waals surface area contributed by atoms with E-state index in [1.165, 1.54) is 231 Å². The van der Waals surface area contributed by atoms with Gasteiger partial charge in [-0.1, -0.05) is 264 Å². The lowest BCUT2D eigenvalue weighted by Crippen LogP contribution is -2.45. The van der Waals surface area contributed by atoms with Gasteiger partial charge < -0.3 is 20.3 Å². The molecule has 0 rings (SSSR count). The first-order valence-electron chi connectivity index (χ1n) is 28.4. The molecule has 6 heteroatoms. The summed E-state index contributed by atoms with van der Waals surface area (Å²) in [5, 5.41) is 23.3. The lowest BCUT2D eigenvalue weighted by atomic mass is 10.0. The van der Waals surface area contributed by atoms with Gasteiger partial charge >= 0.3 is 5.97 Å². The summed E-state index contributed by atoms with van der Waals surface area (Å²) in [5.41, 5.74) is 0. The predicted octanol–water partition coefficient (Wildman–Crippen LogP) is 17.3. The molecule has 0 saturated carbocycles. The highest BCUT2D eigenvalue weighted by atomic mass is 16.5. The number of allylic oxidation sites excluding steroid dienone is 2. The number of ether oxygens (including phenoxy) is 1. The zero-order chi connectivity index (χ0) is 45.8. The van der Waals surface area contributed by atoms with Crippen molar-refractivity contribution in [3.8, 4) is 0 Å². The van der Waals surface area contributed by atoms with Crippen LogP contribution in [0.15, 0.2) is 12.2 Å². The molecule has 6 nitrogen and oxygen atoms in total. The van der Waals surface area contributed by atoms with E-state index in [0.29, 0.717) is 25.9 Å². The standard InChI is InChI=1S/C57H111NO5/c1-3-5-7-9-11-13-15-17-19-21-22-25-29-33-37-41-45-49-55(60)54(53-59)58-56(61)50-46-42-38-34-30-26-24-28-32-36-40-44-48-52-63-57(62)51-47-43-39-35-31-27-23-20-18-16-14-12-10-8-6-4-2/h20,23,54-55,59-60H,3-19,21-22,24-53H2,1-2H3,(H,58,61)/b23-20-. The van der Waals surface area contributed by atoms with Gasteiger partial charge in [-0.25, -0.2) is 0 Å². The summed E-state index contributed by atoms with van der Waals surface area (Å²) in [5.74, 6) is -0.0576. The molecule has 0 aromatic rings. The van der Waals surface area contributed by atoms with Crippen molar-refractivity contribution in [1.82, 2.24) is 5.32 Å². The fourth-order valence-electron chi connectivity index (χ4n) is 8.93. The van der Waals surface area contributed by atoms with Crippen LogP contribution in [0.25, 0.3) is 0 Å². The number of aliphatic hydroxyl groups is 2. The molecule has 0 aliphatic rings. The minimum Gasteiger partial charge on any atom is -0.466 e. The van der Waals surface area contributed by atoms with Gasteiger partial charge in [0.2, 0.25) is 5.91 Å². The Morgan fingerprint density at radius 2 is 0.746 bits per heavy atom. The molecular weight excluding hydrogens is 779 g/mol. The number of esters is 1. The number of aliphatic hydroxyl groups excluding tert-OH is 2. The molecule has 374 valence electrons. The fraction of sp³-hybridized carbons (Fsp3) is 0.930. The van der Waals surface area contributed by atoms with Crippen molar-refractivity contribution in [2.45, 2.75) is 328 Å². The summed E-state index contributed by atoms with van der Waals surface area (Å²) in [7, 11) is 0. The molecule has 3 N–H and O–H groups in total. The van der Waals surface area contributed by atoms with Gasteiger partial charge in [0.15, 0.2) is 0 Å². The maximum Gasteiger partial charge on any atom is 0.305 e. The van der Waals surface area contributed by atoms with Crippen LogP contribution in [0.3, 0.4) is 0 Å². The summed E-state index contributed by atoms with van der Waals surface area (Å²) in [4.78, 5) is 24.5. The zero-order valence-electron chi connectivity index (χ0n) is 42.6. The van der Waals surface area contributed by atoms with Crippen LogP contribution in [0.5, 0.6) is 0 Å². The smallest absolute Gasteiger partial charge is 0.305 e. The van der Waals surface area contributed by atoms with Crippen molar-refractivity contribution in [2.75, 3.05) is 13.2 Å². The number of hydrogen-bond acceptors (Lipinski definition) is 5. The Labute approximate surface area is 393 Å². The zero-order valence-corrected chi connectivity index (χ0v) is 42.6. The molecule has 0 aliphatic heterocycles. The Balaban J connectivity index is 3.44. The van der Waals surface area contributed by atoms with Gasteiger partial charge in [-0.3, -0.25) is 9.59 Å². The number of rotatable bonds is 53. The van der Waals surface area contributed by atoms with E-state index in [1.807, 2.05) is 0 Å². The highest BCUT2D eigenvalue weighted by Gasteiger charge is 2.20. The molecule has 2 atom stereocenters. The van der Waals surface area contributed by atoms with E-state index in [2.05, 4.69) is 31.3 Å². The van der Waals surface area contributed by atoms with Crippen molar-refractivity contribution in [3.05, 3.63) is 12.2 Å². The van der Waals surface area contributed by atoms with Crippen molar-refractivity contribution in [3.63, 3.8) is 0 Å². The number of unbranched alkanes of at least 4 members (excludes halogenated alkanes) is 40. The summed E-state index contributed by atoms with van der Waals surface area (Å²) in [6.45, 7) is 4.94. The Hall–Kier alpha value is -1.40. The first-order chi connectivity index (χ1) is 31.0. The third-order valence-corrected chi connectivity index (χ3v) is 13.3. The molecule has 1 amide bonds. The highest BCUT2D eigenvalue weighted by molar-refractivity contribution is 5.76. The van der Waals surface area contributed by atoms with Crippen molar-refractivity contribution >= 4 is 11.9 Å². The Bertz CT molecular complexity index is 939. The number of nitrogens with one attached hydrogen (secondary N) is 1. The van der Waals surface area contributed by atoms with E-state index < -0.39 is 12.1 Å². The topological polar surface area (TPSA) is 95.9 Å². The van der Waals surface area contributed by atoms with Crippen molar-refractivity contribution < 1.29 is 24.5 Å². The van der Waals surface area contributed by atoms with E-state index in [9.17, 15) is 19.8 Å². The van der Waals surface area contributed by atoms with Gasteiger partial charge in [0.1, 0.15) is 0 Å². The minimum absolute atomic E-state index is 0.0120. The largest absolute Gasteiger partial charge is 0.466 e. The molecule has 0 aromatic carbocycles. The van der Waals surface area contributed by atoms with Gasteiger partial charge in [-0.15, -0.1) is 0 Å². The second-order valence-electron chi connectivity index (χ2n) is 19.6. The second-order valence-corrected chi connectivity index (χ2v) is 19.6. The number of carbonyl (C=O) groups is 2. The van der Waals surface area contributed by atoms with Crippen LogP contribution in [0, 0.1) is 0 Å². The maximum atomic E-state index is 12.5. The van der Waals surface area contributed by atoms with Crippen LogP contribution >= 0.6 is 0 Å². The van der Waals surface area contributed by atoms with E-state index >= 15 is 0 Å². The first kappa shape index (κ1) is 61.6. The lowest BCUT2D eigenvalue weighted by molar-refractivity contribution is -0.143. The van der Waals surface area contributed by atoms with Crippen molar-refractivity contribution in [1.29, 1.82) is 0 Å². The SMILES string of the molecule is CCCCCCCCC/C=C\CCCCCCCC(=O)OCCCCCCCCCCCCCCCC(=O)NC(CO)C(O)CCCCCCCCCCCCCCCCCCC. The summed E-state index contributed by atoms with van der Waals surface area (Å²) in [6.07, 6.45) is 61.9. The van der Waals surface area contributed by atoms with Crippen LogP contribution in [0.2, 0.25) is 0 Å². The lowest BCUT2D eigenvalue weighted by Gasteiger charge is -2.22. The van der Waals surface area contributed by atoms with Gasteiger partial charge in [0.25, 0.3) is 0 Å². The van der Waals surface area contributed by atoms with Crippen LogP contribution in [0.1, 0.15) is 316 Å². The molecule has 0 saturated heterocycles. The molecule has 0 radical (unpaired) electrons. The van der Waals surface area contributed by atoms with Crippen LogP contribution in [0.4, 0.5) is 0 Å². The average Bonchev–Trinajstić information content (AvgIpc) is 3.28. The van der Waals surface area contributed by atoms with E-state index in [-0.39, 0.29) is 18.5 Å². The highest BCUT2D eigenvalue weighted by Crippen LogP contribution is 2.17. The maximum absolute atomic E-state index is 12.5. The fourth-order valence-corrected chi connectivity index (χ4v) is 8.93. The minimum atomic E-state index is -0.672.